The molecule has 1 aliphatic heterocycles. The van der Waals surface area contributed by atoms with Gasteiger partial charge < -0.3 is 5.11 Å². The van der Waals surface area contributed by atoms with Crippen LogP contribution in [-0.2, 0) is 9.59 Å². The third-order valence-electron chi connectivity index (χ3n) is 2.04. The van der Waals surface area contributed by atoms with Crippen LogP contribution in [0.4, 0.5) is 0 Å². The van der Waals surface area contributed by atoms with Gasteiger partial charge in [-0.15, -0.1) is 0 Å². The van der Waals surface area contributed by atoms with E-state index < -0.39 is 5.97 Å². The fraction of sp³-hybridized carbons (Fsp3) is 0.500. The zero-order valence-corrected chi connectivity index (χ0v) is 10.6. The maximum atomic E-state index is 11.8. The first-order valence-electron chi connectivity index (χ1n) is 5.02. The third kappa shape index (κ3) is 3.31. The van der Waals surface area contributed by atoms with E-state index >= 15 is 0 Å². The van der Waals surface area contributed by atoms with Gasteiger partial charge in [0.2, 0.25) is 0 Å². The molecule has 16 heavy (non-hydrogen) atoms. The Balaban J connectivity index is 2.55. The number of hydrogen-bond acceptors (Lipinski definition) is 4. The lowest BCUT2D eigenvalue weighted by Gasteiger charge is -2.13. The van der Waals surface area contributed by atoms with Crippen molar-refractivity contribution in [3.8, 4) is 0 Å². The zero-order chi connectivity index (χ0) is 12.1. The van der Waals surface area contributed by atoms with Gasteiger partial charge in [-0.25, -0.2) is 0 Å². The molecule has 0 radical (unpaired) electrons. The molecule has 0 aromatic heterocycles. The normalized spacial score (nSPS) is 18.6. The van der Waals surface area contributed by atoms with Crippen molar-refractivity contribution >= 4 is 40.2 Å². The number of carboxylic acid groups (broad SMARTS) is 1. The van der Waals surface area contributed by atoms with Gasteiger partial charge in [-0.05, 0) is 12.8 Å². The Morgan fingerprint density at radius 1 is 1.62 bits per heavy atom. The Kier molecular flexibility index (Phi) is 4.95. The van der Waals surface area contributed by atoms with E-state index in [0.717, 1.165) is 6.42 Å². The number of carbonyl (C=O) groups excluding carboxylic acids is 1. The maximum absolute atomic E-state index is 11.8. The third-order valence-corrected chi connectivity index (χ3v) is 3.46. The predicted octanol–water partition coefficient (Wildman–Crippen LogP) is 2.01. The second-order valence-electron chi connectivity index (χ2n) is 3.30. The molecule has 88 valence electrons. The van der Waals surface area contributed by atoms with Gasteiger partial charge in [-0.3, -0.25) is 14.5 Å². The Morgan fingerprint density at radius 2 is 2.31 bits per heavy atom. The molecule has 1 heterocycles. The number of carboxylic acids is 1. The molecule has 0 saturated carbocycles. The molecule has 0 aliphatic carbocycles. The summed E-state index contributed by atoms with van der Waals surface area (Å²) in [5.74, 6) is -0.947. The van der Waals surface area contributed by atoms with E-state index in [1.807, 2.05) is 13.0 Å². The number of aliphatic carboxylic acids is 1. The summed E-state index contributed by atoms with van der Waals surface area (Å²) in [5, 5.41) is 8.50. The second kappa shape index (κ2) is 6.00. The first kappa shape index (κ1) is 13.2. The molecule has 1 aliphatic rings. The Hall–Kier alpha value is -0.880. The summed E-state index contributed by atoms with van der Waals surface area (Å²) in [6, 6.07) is 0. The van der Waals surface area contributed by atoms with Crippen molar-refractivity contribution in [2.75, 3.05) is 6.54 Å². The number of rotatable bonds is 5. The van der Waals surface area contributed by atoms with E-state index in [1.54, 1.807) is 0 Å². The average Bonchev–Trinajstić information content (AvgIpc) is 2.45. The summed E-state index contributed by atoms with van der Waals surface area (Å²) in [7, 11) is 0. The van der Waals surface area contributed by atoms with Crippen LogP contribution in [0.15, 0.2) is 11.0 Å². The van der Waals surface area contributed by atoms with Gasteiger partial charge in [0.25, 0.3) is 5.91 Å². The zero-order valence-electron chi connectivity index (χ0n) is 8.93. The van der Waals surface area contributed by atoms with Crippen LogP contribution < -0.4 is 0 Å². The molecule has 4 nitrogen and oxygen atoms in total. The van der Waals surface area contributed by atoms with E-state index in [2.05, 4.69) is 0 Å². The topological polar surface area (TPSA) is 57.6 Å². The van der Waals surface area contributed by atoms with E-state index in [0.29, 0.717) is 22.2 Å². The van der Waals surface area contributed by atoms with E-state index in [1.165, 1.54) is 16.7 Å². The largest absolute Gasteiger partial charge is 0.481 e. The van der Waals surface area contributed by atoms with Crippen molar-refractivity contribution in [1.29, 1.82) is 0 Å². The van der Waals surface area contributed by atoms with Crippen LogP contribution in [0.1, 0.15) is 26.2 Å². The average molecular weight is 259 g/mol. The van der Waals surface area contributed by atoms with Crippen LogP contribution in [0.3, 0.4) is 0 Å². The number of hydrogen-bond donors (Lipinski definition) is 1. The minimum absolute atomic E-state index is 0.0594. The van der Waals surface area contributed by atoms with Crippen molar-refractivity contribution < 1.29 is 14.7 Å². The van der Waals surface area contributed by atoms with Crippen LogP contribution in [0.25, 0.3) is 0 Å². The fourth-order valence-corrected chi connectivity index (χ4v) is 2.67. The molecular formula is C10H13NO3S2. The molecule has 0 aromatic rings. The van der Waals surface area contributed by atoms with Crippen molar-refractivity contribution in [3.05, 3.63) is 11.0 Å². The van der Waals surface area contributed by atoms with Gasteiger partial charge in [0.05, 0.1) is 4.91 Å². The molecule has 1 fully saturated rings. The highest BCUT2D eigenvalue weighted by atomic mass is 32.2. The molecule has 0 atom stereocenters. The standard InChI is InChI=1S/C10H13NO3S2/c1-2-4-7-9(14)11(10(15)16-7)6-3-5-8(12)13/h4H,2-3,5-6H2,1H3,(H,12,13)/b7-4-. The monoisotopic (exact) mass is 259 g/mol. The van der Waals surface area contributed by atoms with E-state index in [9.17, 15) is 9.59 Å². The summed E-state index contributed by atoms with van der Waals surface area (Å²) < 4.78 is 0.523. The number of carbonyl (C=O) groups is 2. The van der Waals surface area contributed by atoms with Gasteiger partial charge >= 0.3 is 5.97 Å². The number of allylic oxidation sites excluding steroid dienone is 1. The van der Waals surface area contributed by atoms with Crippen molar-refractivity contribution in [1.82, 2.24) is 4.90 Å². The highest BCUT2D eigenvalue weighted by Crippen LogP contribution is 2.31. The summed E-state index contributed by atoms with van der Waals surface area (Å²) in [4.78, 5) is 24.3. The Morgan fingerprint density at radius 3 is 2.88 bits per heavy atom. The molecule has 0 unspecified atom stereocenters. The Bertz CT molecular complexity index is 352. The number of thiocarbonyl (C=S) groups is 1. The lowest BCUT2D eigenvalue weighted by atomic mass is 10.3. The minimum atomic E-state index is -0.852. The first-order valence-corrected chi connectivity index (χ1v) is 6.24. The molecule has 0 spiro atoms. The molecule has 1 saturated heterocycles. The first-order chi connectivity index (χ1) is 7.56. The van der Waals surface area contributed by atoms with Gasteiger partial charge in [0.1, 0.15) is 4.32 Å². The fourth-order valence-electron chi connectivity index (χ4n) is 1.30. The van der Waals surface area contributed by atoms with Crippen LogP contribution >= 0.6 is 24.0 Å². The van der Waals surface area contributed by atoms with Gasteiger partial charge in [0.15, 0.2) is 0 Å². The van der Waals surface area contributed by atoms with Crippen molar-refractivity contribution in [3.63, 3.8) is 0 Å². The van der Waals surface area contributed by atoms with Gasteiger partial charge in [0, 0.05) is 13.0 Å². The maximum Gasteiger partial charge on any atom is 0.303 e. The van der Waals surface area contributed by atoms with Crippen LogP contribution in [-0.4, -0.2) is 32.7 Å². The quantitative estimate of drug-likeness (QED) is 0.604. The molecular weight excluding hydrogens is 246 g/mol. The van der Waals surface area contributed by atoms with Crippen molar-refractivity contribution in [2.24, 2.45) is 0 Å². The summed E-state index contributed by atoms with van der Waals surface area (Å²) in [6.45, 7) is 2.34. The molecule has 6 heteroatoms. The Labute approximate surface area is 104 Å². The molecule has 1 amide bonds. The highest BCUT2D eigenvalue weighted by molar-refractivity contribution is 8.26. The van der Waals surface area contributed by atoms with Crippen LogP contribution in [0, 0.1) is 0 Å². The lowest BCUT2D eigenvalue weighted by Crippen LogP contribution is -2.29. The molecule has 1 N–H and O–H groups in total. The van der Waals surface area contributed by atoms with Gasteiger partial charge in [-0.1, -0.05) is 37.0 Å². The van der Waals surface area contributed by atoms with Gasteiger partial charge in [-0.2, -0.15) is 0 Å². The summed E-state index contributed by atoms with van der Waals surface area (Å²) in [6.07, 6.45) is 3.13. The predicted molar refractivity (Wildman–Crippen MR) is 67.1 cm³/mol. The summed E-state index contributed by atoms with van der Waals surface area (Å²) in [5.41, 5.74) is 0. The second-order valence-corrected chi connectivity index (χ2v) is 4.97. The smallest absolute Gasteiger partial charge is 0.303 e. The van der Waals surface area contributed by atoms with Crippen molar-refractivity contribution in [2.45, 2.75) is 26.2 Å². The van der Waals surface area contributed by atoms with E-state index in [4.69, 9.17) is 17.3 Å². The molecule has 1 rings (SSSR count). The molecule has 0 bridgehead atoms. The SMILES string of the molecule is CC/C=C1\SC(=S)N(CCCC(=O)O)C1=O. The summed E-state index contributed by atoms with van der Waals surface area (Å²) >= 11 is 6.35. The van der Waals surface area contributed by atoms with E-state index in [-0.39, 0.29) is 12.3 Å². The minimum Gasteiger partial charge on any atom is -0.481 e. The highest BCUT2D eigenvalue weighted by Gasteiger charge is 2.31. The number of thioether (sulfide) groups is 1. The molecule has 0 aromatic carbocycles. The van der Waals surface area contributed by atoms with Crippen LogP contribution in [0.2, 0.25) is 0 Å². The number of amides is 1. The number of nitrogens with zero attached hydrogens (tertiary/aromatic N) is 1. The van der Waals surface area contributed by atoms with Crippen LogP contribution in [0.5, 0.6) is 0 Å². The lowest BCUT2D eigenvalue weighted by molar-refractivity contribution is -0.137.